The van der Waals surface area contributed by atoms with E-state index in [4.69, 9.17) is 0 Å². The first kappa shape index (κ1) is 23.8. The lowest BCUT2D eigenvalue weighted by Crippen LogP contribution is -2.37. The average molecular weight is 458 g/mol. The molecule has 0 aliphatic rings. The molecule has 0 radical (unpaired) electrons. The smallest absolute Gasteiger partial charge is 0.245 e. The lowest BCUT2D eigenvalue weighted by atomic mass is 10.3. The van der Waals surface area contributed by atoms with Gasteiger partial charge in [0.1, 0.15) is 12.4 Å². The second-order valence-corrected chi connectivity index (χ2v) is 10.3. The van der Waals surface area contributed by atoms with E-state index in [9.17, 15) is 26.0 Å². The first-order chi connectivity index (χ1) is 14.0. The highest BCUT2D eigenvalue weighted by atomic mass is 32.2. The minimum atomic E-state index is -3.79. The highest BCUT2D eigenvalue weighted by Gasteiger charge is 2.23. The molecule has 164 valence electrons. The molecule has 0 fully saturated rings. The van der Waals surface area contributed by atoms with Crippen LogP contribution in [-0.4, -0.2) is 52.9 Å². The normalized spacial score (nSPS) is 12.0. The number of hydrogen-bond donors (Lipinski definition) is 1. The fourth-order valence-electron chi connectivity index (χ4n) is 2.76. The highest BCUT2D eigenvalue weighted by molar-refractivity contribution is 7.92. The van der Waals surface area contributed by atoms with Gasteiger partial charge in [-0.15, -0.1) is 0 Å². The summed E-state index contributed by atoms with van der Waals surface area (Å²) in [5.41, 5.74) is 0.459. The topological polar surface area (TPSA) is 104 Å². The predicted molar refractivity (Wildman–Crippen MR) is 114 cm³/mol. The molecular formula is C19H24FN3O5S2. The molecule has 0 saturated carbocycles. The Kier molecular flexibility index (Phi) is 7.56. The molecule has 1 amide bonds. The Morgan fingerprint density at radius 2 is 1.47 bits per heavy atom. The van der Waals surface area contributed by atoms with Gasteiger partial charge in [0.15, 0.2) is 0 Å². The van der Waals surface area contributed by atoms with Crippen molar-refractivity contribution in [3.63, 3.8) is 0 Å². The molecule has 2 aromatic carbocycles. The quantitative estimate of drug-likeness (QED) is 0.622. The number of halogens is 1. The van der Waals surface area contributed by atoms with Crippen molar-refractivity contribution in [1.29, 1.82) is 0 Å². The zero-order valence-electron chi connectivity index (χ0n) is 16.9. The van der Waals surface area contributed by atoms with E-state index in [0.29, 0.717) is 18.8 Å². The van der Waals surface area contributed by atoms with E-state index in [-0.39, 0.29) is 10.6 Å². The van der Waals surface area contributed by atoms with Gasteiger partial charge in [-0.3, -0.25) is 9.10 Å². The summed E-state index contributed by atoms with van der Waals surface area (Å²) >= 11 is 0. The lowest BCUT2D eigenvalue weighted by Gasteiger charge is -2.22. The summed E-state index contributed by atoms with van der Waals surface area (Å²) in [6.45, 7) is 3.63. The van der Waals surface area contributed by atoms with Gasteiger partial charge in [0, 0.05) is 18.8 Å². The van der Waals surface area contributed by atoms with Gasteiger partial charge in [-0.1, -0.05) is 13.8 Å². The number of carbonyl (C=O) groups excluding carboxylic acids is 1. The zero-order chi connectivity index (χ0) is 22.5. The van der Waals surface area contributed by atoms with Crippen LogP contribution in [-0.2, 0) is 24.8 Å². The maximum absolute atomic E-state index is 13.1. The molecule has 1 N–H and O–H groups in total. The van der Waals surface area contributed by atoms with Crippen LogP contribution in [0.3, 0.4) is 0 Å². The van der Waals surface area contributed by atoms with E-state index in [1.54, 1.807) is 13.8 Å². The fraction of sp³-hybridized carbons (Fsp3) is 0.316. The van der Waals surface area contributed by atoms with Crippen LogP contribution >= 0.6 is 0 Å². The second-order valence-electron chi connectivity index (χ2n) is 6.41. The molecule has 0 bridgehead atoms. The third kappa shape index (κ3) is 5.77. The van der Waals surface area contributed by atoms with Gasteiger partial charge in [0.05, 0.1) is 16.8 Å². The molecule has 0 aliphatic heterocycles. The fourth-order valence-corrected chi connectivity index (χ4v) is 5.08. The molecule has 0 aromatic heterocycles. The first-order valence-electron chi connectivity index (χ1n) is 9.12. The molecule has 0 atom stereocenters. The molecule has 0 aliphatic carbocycles. The molecule has 0 spiro atoms. The van der Waals surface area contributed by atoms with Crippen molar-refractivity contribution in [2.45, 2.75) is 18.7 Å². The summed E-state index contributed by atoms with van der Waals surface area (Å²) in [6.07, 6.45) is 0.941. The average Bonchev–Trinajstić information content (AvgIpc) is 2.67. The van der Waals surface area contributed by atoms with E-state index in [1.807, 2.05) is 0 Å². The summed E-state index contributed by atoms with van der Waals surface area (Å²) in [7, 11) is -7.42. The summed E-state index contributed by atoms with van der Waals surface area (Å²) in [5, 5.41) is 2.53. The number of sulfonamides is 2. The van der Waals surface area contributed by atoms with Crippen LogP contribution in [0.1, 0.15) is 13.8 Å². The van der Waals surface area contributed by atoms with Crippen LogP contribution < -0.4 is 9.62 Å². The van der Waals surface area contributed by atoms with Crippen LogP contribution in [0.15, 0.2) is 53.4 Å². The number of rotatable bonds is 9. The van der Waals surface area contributed by atoms with Gasteiger partial charge in [0.25, 0.3) is 0 Å². The zero-order valence-corrected chi connectivity index (χ0v) is 18.5. The van der Waals surface area contributed by atoms with E-state index in [2.05, 4.69) is 5.32 Å². The van der Waals surface area contributed by atoms with Crippen LogP contribution in [0.5, 0.6) is 0 Å². The summed E-state index contributed by atoms with van der Waals surface area (Å²) in [5.74, 6) is -1.17. The van der Waals surface area contributed by atoms with Crippen LogP contribution in [0.2, 0.25) is 0 Å². The Morgan fingerprint density at radius 1 is 0.933 bits per heavy atom. The van der Waals surface area contributed by atoms with Gasteiger partial charge in [-0.2, -0.15) is 4.31 Å². The van der Waals surface area contributed by atoms with Crippen molar-refractivity contribution in [1.82, 2.24) is 4.31 Å². The Morgan fingerprint density at radius 3 is 1.93 bits per heavy atom. The number of nitrogens with zero attached hydrogens (tertiary/aromatic N) is 2. The number of benzene rings is 2. The van der Waals surface area contributed by atoms with Crippen molar-refractivity contribution in [3.8, 4) is 0 Å². The number of nitrogens with one attached hydrogen (secondary N) is 1. The van der Waals surface area contributed by atoms with Gasteiger partial charge >= 0.3 is 0 Å². The molecule has 11 heteroatoms. The minimum Gasteiger partial charge on any atom is -0.325 e. The Labute approximate surface area is 176 Å². The molecule has 8 nitrogen and oxygen atoms in total. The number of hydrogen-bond acceptors (Lipinski definition) is 5. The molecule has 0 heterocycles. The summed E-state index contributed by atoms with van der Waals surface area (Å²) in [6, 6.07) is 10.3. The molecular weight excluding hydrogens is 433 g/mol. The van der Waals surface area contributed by atoms with Gasteiger partial charge in [0.2, 0.25) is 26.0 Å². The summed E-state index contributed by atoms with van der Waals surface area (Å²) < 4.78 is 64.4. The summed E-state index contributed by atoms with van der Waals surface area (Å²) in [4.78, 5) is 12.5. The molecule has 2 rings (SSSR count). The van der Waals surface area contributed by atoms with Crippen molar-refractivity contribution < 1.29 is 26.0 Å². The SMILES string of the molecule is CCN(CC)S(=O)(=O)c1ccc(NC(=O)CN(c2ccc(F)cc2)S(C)(=O)=O)cc1. The monoisotopic (exact) mass is 457 g/mol. The lowest BCUT2D eigenvalue weighted by molar-refractivity contribution is -0.114. The van der Waals surface area contributed by atoms with Crippen LogP contribution in [0.4, 0.5) is 15.8 Å². The third-order valence-corrected chi connectivity index (χ3v) is 7.49. The minimum absolute atomic E-state index is 0.0910. The standard InChI is InChI=1S/C19H24FN3O5S2/c1-4-22(5-2)30(27,28)18-12-8-16(9-13-18)21-19(24)14-23(29(3,25)26)17-10-6-15(20)7-11-17/h6-13H,4-5,14H2,1-3H3,(H,21,24). The Bertz CT molecular complexity index is 1080. The van der Waals surface area contributed by atoms with Crippen LogP contribution in [0, 0.1) is 5.82 Å². The second kappa shape index (κ2) is 9.54. The van der Waals surface area contributed by atoms with Crippen molar-refractivity contribution in [3.05, 3.63) is 54.3 Å². The van der Waals surface area contributed by atoms with E-state index in [1.165, 1.54) is 40.7 Å². The molecule has 0 unspecified atom stereocenters. The van der Waals surface area contributed by atoms with Crippen LogP contribution in [0.25, 0.3) is 0 Å². The largest absolute Gasteiger partial charge is 0.325 e. The maximum Gasteiger partial charge on any atom is 0.245 e. The first-order valence-corrected chi connectivity index (χ1v) is 12.4. The third-order valence-electron chi connectivity index (χ3n) is 4.28. The Hall–Kier alpha value is -2.50. The Balaban J connectivity index is 2.16. The number of carbonyl (C=O) groups is 1. The van der Waals surface area contributed by atoms with Gasteiger partial charge in [-0.05, 0) is 48.5 Å². The van der Waals surface area contributed by atoms with Gasteiger partial charge < -0.3 is 5.32 Å². The van der Waals surface area contributed by atoms with E-state index < -0.39 is 38.3 Å². The highest BCUT2D eigenvalue weighted by Crippen LogP contribution is 2.20. The molecule has 0 saturated heterocycles. The molecule has 30 heavy (non-hydrogen) atoms. The van der Waals surface area contributed by atoms with E-state index in [0.717, 1.165) is 22.7 Å². The van der Waals surface area contributed by atoms with Crippen molar-refractivity contribution in [2.75, 3.05) is 35.5 Å². The number of amides is 1. The van der Waals surface area contributed by atoms with Crippen molar-refractivity contribution >= 4 is 37.3 Å². The number of anilines is 2. The van der Waals surface area contributed by atoms with Crippen molar-refractivity contribution in [2.24, 2.45) is 0 Å². The predicted octanol–water partition coefficient (Wildman–Crippen LogP) is 2.26. The van der Waals surface area contributed by atoms with Gasteiger partial charge in [-0.25, -0.2) is 21.2 Å². The maximum atomic E-state index is 13.1. The van der Waals surface area contributed by atoms with E-state index >= 15 is 0 Å². The molecule has 2 aromatic rings.